The average Bonchev–Trinajstić information content (AvgIpc) is 3.09. The zero-order chi connectivity index (χ0) is 14.6. The number of aliphatic imine (C=N–C) groups is 1. The van der Waals surface area contributed by atoms with Crippen LogP contribution in [0.1, 0.15) is 17.4 Å². The summed E-state index contributed by atoms with van der Waals surface area (Å²) in [6, 6.07) is 8.80. The Bertz CT molecular complexity index is 789. The lowest BCUT2D eigenvalue weighted by atomic mass is 10.1. The summed E-state index contributed by atoms with van der Waals surface area (Å²) in [5.41, 5.74) is 2.44. The van der Waals surface area contributed by atoms with Gasteiger partial charge in [-0.05, 0) is 31.4 Å². The number of thiophene rings is 1. The molecule has 2 aliphatic rings. The highest BCUT2D eigenvalue weighted by Crippen LogP contribution is 2.45. The second-order valence-corrected chi connectivity index (χ2v) is 7.55. The van der Waals surface area contributed by atoms with Gasteiger partial charge in [0.2, 0.25) is 0 Å². The molecular formula is C16H16N2OS2. The third kappa shape index (κ3) is 2.11. The molecule has 108 valence electrons. The Morgan fingerprint density at radius 3 is 3.00 bits per heavy atom. The van der Waals surface area contributed by atoms with Gasteiger partial charge in [0.05, 0.1) is 23.2 Å². The maximum atomic E-state index is 10.1. The molecular weight excluding hydrogens is 300 g/mol. The first kappa shape index (κ1) is 13.4. The first-order chi connectivity index (χ1) is 10.1. The lowest BCUT2D eigenvalue weighted by Crippen LogP contribution is -2.19. The third-order valence-corrected chi connectivity index (χ3v) is 6.20. The summed E-state index contributed by atoms with van der Waals surface area (Å²) in [5, 5.41) is 12.4. The summed E-state index contributed by atoms with van der Waals surface area (Å²) in [7, 11) is 0. The lowest BCUT2D eigenvalue weighted by molar-refractivity contribution is 0.240. The zero-order valence-corrected chi connectivity index (χ0v) is 13.6. The lowest BCUT2D eigenvalue weighted by Gasteiger charge is -2.16. The van der Waals surface area contributed by atoms with Crippen LogP contribution in [0, 0.1) is 6.92 Å². The molecule has 0 saturated heterocycles. The van der Waals surface area contributed by atoms with Crippen molar-refractivity contribution in [3.05, 3.63) is 39.6 Å². The van der Waals surface area contributed by atoms with Crippen LogP contribution in [0.15, 0.2) is 34.2 Å². The normalized spacial score (nSPS) is 19.4. The molecule has 0 aliphatic carbocycles. The molecule has 1 N–H and O–H groups in total. The Hall–Kier alpha value is -1.30. The van der Waals surface area contributed by atoms with E-state index in [1.807, 2.05) is 6.92 Å². The molecule has 1 atom stereocenters. The van der Waals surface area contributed by atoms with E-state index < -0.39 is 6.10 Å². The largest absolute Gasteiger partial charge is 0.388 e. The summed E-state index contributed by atoms with van der Waals surface area (Å²) in [6.07, 6.45) is -0.453. The Morgan fingerprint density at radius 2 is 2.19 bits per heavy atom. The van der Waals surface area contributed by atoms with E-state index in [0.717, 1.165) is 28.9 Å². The number of amidine groups is 1. The molecule has 1 aromatic carbocycles. The highest BCUT2D eigenvalue weighted by Gasteiger charge is 2.35. The molecule has 0 spiro atoms. The number of thioether (sulfide) groups is 1. The van der Waals surface area contributed by atoms with E-state index in [9.17, 15) is 5.11 Å². The minimum Gasteiger partial charge on any atom is -0.388 e. The van der Waals surface area contributed by atoms with Crippen LogP contribution in [0.2, 0.25) is 0 Å². The van der Waals surface area contributed by atoms with Crippen molar-refractivity contribution in [3.63, 3.8) is 0 Å². The van der Waals surface area contributed by atoms with E-state index in [1.54, 1.807) is 23.1 Å². The van der Waals surface area contributed by atoms with Crippen LogP contribution in [-0.4, -0.2) is 34.4 Å². The average molecular weight is 316 g/mol. The molecule has 4 rings (SSSR count). The van der Waals surface area contributed by atoms with Gasteiger partial charge in [0, 0.05) is 16.1 Å². The van der Waals surface area contributed by atoms with Crippen molar-refractivity contribution in [2.24, 2.45) is 4.99 Å². The minimum atomic E-state index is -0.453. The summed E-state index contributed by atoms with van der Waals surface area (Å²) in [6.45, 7) is 5.72. The SMILES string of the molecule is Cc1ccc2sc(C3=C(C(C)O)SC4=NCCN43)cc2c1. The Morgan fingerprint density at radius 1 is 1.33 bits per heavy atom. The second kappa shape index (κ2) is 4.87. The number of hydrogen-bond donors (Lipinski definition) is 1. The molecule has 0 fully saturated rings. The molecule has 21 heavy (non-hydrogen) atoms. The predicted octanol–water partition coefficient (Wildman–Crippen LogP) is 3.68. The van der Waals surface area contributed by atoms with Crippen LogP contribution >= 0.6 is 23.1 Å². The predicted molar refractivity (Wildman–Crippen MR) is 91.8 cm³/mol. The minimum absolute atomic E-state index is 0.453. The highest BCUT2D eigenvalue weighted by molar-refractivity contribution is 8.17. The van der Waals surface area contributed by atoms with Gasteiger partial charge in [0.15, 0.2) is 5.17 Å². The van der Waals surface area contributed by atoms with Crippen LogP contribution in [0.4, 0.5) is 0 Å². The molecule has 3 heterocycles. The standard InChI is InChI=1S/C16H16N2OS2/c1-9-3-4-12-11(7-9)8-13(20-12)14-15(10(2)19)21-16-17-5-6-18(14)16/h3-4,7-8,10,19H,5-6H2,1-2H3. The molecule has 5 heteroatoms. The van der Waals surface area contributed by atoms with Gasteiger partial charge in [-0.2, -0.15) is 0 Å². The molecule has 0 amide bonds. The van der Waals surface area contributed by atoms with E-state index >= 15 is 0 Å². The van der Waals surface area contributed by atoms with Crippen molar-refractivity contribution in [2.75, 3.05) is 13.1 Å². The molecule has 1 unspecified atom stereocenters. The quantitative estimate of drug-likeness (QED) is 0.918. The van der Waals surface area contributed by atoms with Crippen LogP contribution in [0.25, 0.3) is 15.8 Å². The molecule has 3 nitrogen and oxygen atoms in total. The Labute approximate surface area is 132 Å². The summed E-state index contributed by atoms with van der Waals surface area (Å²) in [4.78, 5) is 9.04. The van der Waals surface area contributed by atoms with Crippen molar-refractivity contribution in [2.45, 2.75) is 20.0 Å². The maximum Gasteiger partial charge on any atom is 0.168 e. The Balaban J connectivity index is 1.88. The Kier molecular flexibility index (Phi) is 3.10. The number of benzene rings is 1. The molecule has 2 aromatic rings. The molecule has 0 radical (unpaired) electrons. The number of fused-ring (bicyclic) bond motifs is 2. The van der Waals surface area contributed by atoms with Crippen LogP contribution in [0.5, 0.6) is 0 Å². The summed E-state index contributed by atoms with van der Waals surface area (Å²) in [5.74, 6) is 0. The number of rotatable bonds is 2. The fourth-order valence-electron chi connectivity index (χ4n) is 2.82. The maximum absolute atomic E-state index is 10.1. The molecule has 0 saturated carbocycles. The van der Waals surface area contributed by atoms with E-state index in [4.69, 9.17) is 0 Å². The van der Waals surface area contributed by atoms with Gasteiger partial charge in [-0.25, -0.2) is 0 Å². The van der Waals surface area contributed by atoms with Gasteiger partial charge >= 0.3 is 0 Å². The first-order valence-corrected chi connectivity index (χ1v) is 8.69. The van der Waals surface area contributed by atoms with Gasteiger partial charge in [-0.3, -0.25) is 4.99 Å². The van der Waals surface area contributed by atoms with Gasteiger partial charge in [-0.15, -0.1) is 11.3 Å². The molecule has 2 aliphatic heterocycles. The van der Waals surface area contributed by atoms with Crippen LogP contribution in [-0.2, 0) is 0 Å². The van der Waals surface area contributed by atoms with Crippen molar-refractivity contribution in [3.8, 4) is 0 Å². The topological polar surface area (TPSA) is 35.8 Å². The van der Waals surface area contributed by atoms with E-state index in [2.05, 4.69) is 41.1 Å². The van der Waals surface area contributed by atoms with Crippen molar-refractivity contribution >= 4 is 44.0 Å². The van der Waals surface area contributed by atoms with Crippen LogP contribution in [0.3, 0.4) is 0 Å². The van der Waals surface area contributed by atoms with Gasteiger partial charge in [-0.1, -0.05) is 29.5 Å². The van der Waals surface area contributed by atoms with Crippen molar-refractivity contribution in [1.29, 1.82) is 0 Å². The number of hydrogen-bond acceptors (Lipinski definition) is 5. The van der Waals surface area contributed by atoms with Crippen molar-refractivity contribution in [1.82, 2.24) is 4.90 Å². The number of aryl methyl sites for hydroxylation is 1. The third-order valence-electron chi connectivity index (χ3n) is 3.79. The van der Waals surface area contributed by atoms with Gasteiger partial charge < -0.3 is 10.0 Å². The smallest absolute Gasteiger partial charge is 0.168 e. The second-order valence-electron chi connectivity index (χ2n) is 5.46. The first-order valence-electron chi connectivity index (χ1n) is 7.06. The van der Waals surface area contributed by atoms with Crippen molar-refractivity contribution < 1.29 is 5.11 Å². The van der Waals surface area contributed by atoms with Gasteiger partial charge in [0.1, 0.15) is 0 Å². The fraction of sp³-hybridized carbons (Fsp3) is 0.312. The van der Waals surface area contributed by atoms with E-state index in [1.165, 1.54) is 20.5 Å². The number of nitrogens with zero attached hydrogens (tertiary/aromatic N) is 2. The van der Waals surface area contributed by atoms with Gasteiger partial charge in [0.25, 0.3) is 0 Å². The van der Waals surface area contributed by atoms with E-state index in [-0.39, 0.29) is 0 Å². The summed E-state index contributed by atoms with van der Waals surface area (Å²) < 4.78 is 1.29. The fourth-order valence-corrected chi connectivity index (χ4v) is 5.13. The summed E-state index contributed by atoms with van der Waals surface area (Å²) >= 11 is 3.41. The number of aliphatic hydroxyl groups is 1. The zero-order valence-electron chi connectivity index (χ0n) is 12.0. The van der Waals surface area contributed by atoms with Crippen LogP contribution < -0.4 is 0 Å². The molecule has 0 bridgehead atoms. The monoisotopic (exact) mass is 316 g/mol. The number of aliphatic hydroxyl groups excluding tert-OH is 1. The highest BCUT2D eigenvalue weighted by atomic mass is 32.2. The molecule has 1 aromatic heterocycles. The van der Waals surface area contributed by atoms with E-state index in [0.29, 0.717) is 0 Å².